The van der Waals surface area contributed by atoms with Crippen LogP contribution in [0.15, 0.2) is 28.7 Å². The second-order valence-electron chi connectivity index (χ2n) is 7.42. The highest BCUT2D eigenvalue weighted by molar-refractivity contribution is 9.10. The molecule has 1 N–H and O–H groups in total. The highest BCUT2D eigenvalue weighted by Gasteiger charge is 2.53. The Morgan fingerprint density at radius 1 is 0.962 bits per heavy atom. The van der Waals surface area contributed by atoms with Gasteiger partial charge in [0.15, 0.2) is 0 Å². The first kappa shape index (κ1) is 17.5. The van der Waals surface area contributed by atoms with Crippen molar-refractivity contribution in [3.63, 3.8) is 0 Å². The Kier molecular flexibility index (Phi) is 4.50. The largest absolute Gasteiger partial charge is 0.345 e. The first-order valence-corrected chi connectivity index (χ1v) is 9.94. The second-order valence-corrected chi connectivity index (χ2v) is 8.34. The molecule has 138 valence electrons. The lowest BCUT2D eigenvalue weighted by Crippen LogP contribution is -2.55. The topological polar surface area (TPSA) is 69.7 Å². The number of carbonyl (C=O) groups is 3. The maximum Gasteiger partial charge on any atom is 0.312 e. The lowest BCUT2D eigenvalue weighted by atomic mass is 9.94. The number of carbonyl (C=O) groups excluding carboxylic acids is 3. The van der Waals surface area contributed by atoms with Gasteiger partial charge >= 0.3 is 11.8 Å². The number of halogens is 1. The van der Waals surface area contributed by atoms with E-state index in [0.29, 0.717) is 26.2 Å². The minimum atomic E-state index is -0.513. The number of benzene rings is 1. The summed E-state index contributed by atoms with van der Waals surface area (Å²) in [4.78, 5) is 40.6. The smallest absolute Gasteiger partial charge is 0.312 e. The third-order valence-electron chi connectivity index (χ3n) is 5.52. The van der Waals surface area contributed by atoms with Gasteiger partial charge in [0.1, 0.15) is 0 Å². The van der Waals surface area contributed by atoms with E-state index in [9.17, 15) is 14.4 Å². The molecule has 26 heavy (non-hydrogen) atoms. The standard InChI is InChI=1S/C19H22BrN3O3/c20-14-3-1-13(2-4-14)19(7-8-19)18(26)23-11-9-22(10-12-23)17(25)16(24)21-15-5-6-15/h1-4,15H,5-12H2,(H,21,24). The summed E-state index contributed by atoms with van der Waals surface area (Å²) in [5, 5.41) is 2.73. The predicted octanol–water partition coefficient (Wildman–Crippen LogP) is 1.43. The normalized spacial score (nSPS) is 21.3. The zero-order chi connectivity index (χ0) is 18.3. The second kappa shape index (κ2) is 6.68. The van der Waals surface area contributed by atoms with Crippen LogP contribution in [0.1, 0.15) is 31.2 Å². The maximum atomic E-state index is 13.1. The molecule has 7 heteroatoms. The molecule has 1 aliphatic heterocycles. The summed E-state index contributed by atoms with van der Waals surface area (Å²) >= 11 is 3.43. The van der Waals surface area contributed by atoms with Crippen LogP contribution in [0.25, 0.3) is 0 Å². The van der Waals surface area contributed by atoms with E-state index in [4.69, 9.17) is 0 Å². The van der Waals surface area contributed by atoms with Crippen LogP contribution in [0, 0.1) is 0 Å². The first-order valence-electron chi connectivity index (χ1n) is 9.15. The summed E-state index contributed by atoms with van der Waals surface area (Å²) in [6.07, 6.45) is 3.66. The Morgan fingerprint density at radius 3 is 2.08 bits per heavy atom. The van der Waals surface area contributed by atoms with Crippen LogP contribution < -0.4 is 5.32 Å². The van der Waals surface area contributed by atoms with Crippen molar-refractivity contribution in [3.05, 3.63) is 34.3 Å². The average Bonchev–Trinajstić information content (AvgIpc) is 3.56. The van der Waals surface area contributed by atoms with Crippen LogP contribution in [0.5, 0.6) is 0 Å². The molecule has 3 amide bonds. The molecule has 0 radical (unpaired) electrons. The Morgan fingerprint density at radius 2 is 1.54 bits per heavy atom. The molecule has 1 heterocycles. The number of piperazine rings is 1. The van der Waals surface area contributed by atoms with Crippen LogP contribution in [-0.4, -0.2) is 59.7 Å². The summed E-state index contributed by atoms with van der Waals surface area (Å²) in [5.41, 5.74) is 0.670. The van der Waals surface area contributed by atoms with Crippen LogP contribution >= 0.6 is 15.9 Å². The maximum absolute atomic E-state index is 13.1. The van der Waals surface area contributed by atoms with E-state index in [1.807, 2.05) is 29.2 Å². The van der Waals surface area contributed by atoms with Crippen LogP contribution in [-0.2, 0) is 19.8 Å². The van der Waals surface area contributed by atoms with E-state index < -0.39 is 17.2 Å². The fourth-order valence-electron chi connectivity index (χ4n) is 3.55. The molecular formula is C19H22BrN3O3. The molecule has 3 fully saturated rings. The quantitative estimate of drug-likeness (QED) is 0.753. The number of nitrogens with one attached hydrogen (secondary N) is 1. The number of amides is 3. The van der Waals surface area contributed by atoms with E-state index in [2.05, 4.69) is 21.2 Å². The number of hydrogen-bond acceptors (Lipinski definition) is 3. The zero-order valence-electron chi connectivity index (χ0n) is 14.5. The monoisotopic (exact) mass is 419 g/mol. The summed E-state index contributed by atoms with van der Waals surface area (Å²) in [5.74, 6) is -0.840. The lowest BCUT2D eigenvalue weighted by Gasteiger charge is -2.36. The molecule has 1 saturated heterocycles. The van der Waals surface area contributed by atoms with Crippen molar-refractivity contribution >= 4 is 33.7 Å². The van der Waals surface area contributed by atoms with Gasteiger partial charge in [-0.3, -0.25) is 14.4 Å². The molecule has 2 aliphatic carbocycles. The van der Waals surface area contributed by atoms with Gasteiger partial charge in [0, 0.05) is 36.7 Å². The summed E-state index contributed by atoms with van der Waals surface area (Å²) in [6.45, 7) is 1.80. The van der Waals surface area contributed by atoms with Crippen molar-refractivity contribution in [1.82, 2.24) is 15.1 Å². The Balaban J connectivity index is 1.35. The van der Waals surface area contributed by atoms with Gasteiger partial charge in [-0.15, -0.1) is 0 Å². The summed E-state index contributed by atoms with van der Waals surface area (Å²) in [7, 11) is 0. The van der Waals surface area contributed by atoms with Gasteiger partial charge in [-0.25, -0.2) is 0 Å². The average molecular weight is 420 g/mol. The van der Waals surface area contributed by atoms with E-state index in [1.165, 1.54) is 0 Å². The zero-order valence-corrected chi connectivity index (χ0v) is 16.1. The van der Waals surface area contributed by atoms with Gasteiger partial charge in [0.05, 0.1) is 5.41 Å². The van der Waals surface area contributed by atoms with Gasteiger partial charge in [0.25, 0.3) is 0 Å². The fourth-order valence-corrected chi connectivity index (χ4v) is 3.82. The first-order chi connectivity index (χ1) is 12.5. The van der Waals surface area contributed by atoms with Gasteiger partial charge in [0.2, 0.25) is 5.91 Å². The molecule has 0 aromatic heterocycles. The number of nitrogens with zero attached hydrogens (tertiary/aromatic N) is 2. The Hall–Kier alpha value is -1.89. The van der Waals surface area contributed by atoms with E-state index in [0.717, 1.165) is 35.7 Å². The van der Waals surface area contributed by atoms with Crippen molar-refractivity contribution in [2.75, 3.05) is 26.2 Å². The van der Waals surface area contributed by atoms with Gasteiger partial charge in [-0.2, -0.15) is 0 Å². The SMILES string of the molecule is O=C(NC1CC1)C(=O)N1CCN(C(=O)C2(c3ccc(Br)cc3)CC2)CC1. The van der Waals surface area contributed by atoms with Gasteiger partial charge in [-0.05, 0) is 43.4 Å². The van der Waals surface area contributed by atoms with Gasteiger partial charge < -0.3 is 15.1 Å². The third-order valence-corrected chi connectivity index (χ3v) is 6.05. The molecule has 0 atom stereocenters. The van der Waals surface area contributed by atoms with Crippen molar-refractivity contribution in [2.24, 2.45) is 0 Å². The lowest BCUT2D eigenvalue weighted by molar-refractivity contribution is -0.148. The Labute approximate surface area is 161 Å². The molecule has 3 aliphatic rings. The summed E-state index contributed by atoms with van der Waals surface area (Å²) in [6, 6.07) is 8.14. The van der Waals surface area contributed by atoms with E-state index in [-0.39, 0.29) is 11.9 Å². The van der Waals surface area contributed by atoms with Gasteiger partial charge in [-0.1, -0.05) is 28.1 Å². The highest BCUT2D eigenvalue weighted by Crippen LogP contribution is 2.49. The third kappa shape index (κ3) is 3.37. The Bertz CT molecular complexity index is 733. The fraction of sp³-hybridized carbons (Fsp3) is 0.526. The van der Waals surface area contributed by atoms with Crippen LogP contribution in [0.4, 0.5) is 0 Å². The molecule has 1 aromatic carbocycles. The van der Waals surface area contributed by atoms with E-state index >= 15 is 0 Å². The molecule has 0 unspecified atom stereocenters. The molecule has 0 bridgehead atoms. The van der Waals surface area contributed by atoms with Crippen LogP contribution in [0.2, 0.25) is 0 Å². The number of hydrogen-bond donors (Lipinski definition) is 1. The molecule has 2 saturated carbocycles. The predicted molar refractivity (Wildman–Crippen MR) is 99.4 cm³/mol. The van der Waals surface area contributed by atoms with Crippen molar-refractivity contribution in [2.45, 2.75) is 37.1 Å². The molecule has 6 nitrogen and oxygen atoms in total. The van der Waals surface area contributed by atoms with Crippen LogP contribution in [0.3, 0.4) is 0 Å². The number of rotatable bonds is 3. The van der Waals surface area contributed by atoms with Crippen molar-refractivity contribution < 1.29 is 14.4 Å². The molecule has 1 aromatic rings. The van der Waals surface area contributed by atoms with Crippen molar-refractivity contribution in [3.8, 4) is 0 Å². The summed E-state index contributed by atoms with van der Waals surface area (Å²) < 4.78 is 1.00. The minimum absolute atomic E-state index is 0.148. The van der Waals surface area contributed by atoms with E-state index in [1.54, 1.807) is 4.90 Å². The van der Waals surface area contributed by atoms with Crippen molar-refractivity contribution in [1.29, 1.82) is 0 Å². The molecule has 0 spiro atoms. The molecule has 4 rings (SSSR count). The highest BCUT2D eigenvalue weighted by atomic mass is 79.9. The molecular weight excluding hydrogens is 398 g/mol. The minimum Gasteiger partial charge on any atom is -0.345 e.